The van der Waals surface area contributed by atoms with Crippen LogP contribution in [0.5, 0.6) is 0 Å². The van der Waals surface area contributed by atoms with Crippen molar-refractivity contribution >= 4 is 5.91 Å². The van der Waals surface area contributed by atoms with E-state index in [1.807, 2.05) is 15.7 Å². The van der Waals surface area contributed by atoms with Crippen molar-refractivity contribution in [3.05, 3.63) is 41.9 Å². The number of benzene rings is 1. The summed E-state index contributed by atoms with van der Waals surface area (Å²) in [6, 6.07) is 8.61. The quantitative estimate of drug-likeness (QED) is 0.815. The van der Waals surface area contributed by atoms with E-state index in [9.17, 15) is 4.79 Å². The van der Waals surface area contributed by atoms with Gasteiger partial charge in [-0.1, -0.05) is 51.0 Å². The molecule has 1 aromatic heterocycles. The zero-order chi connectivity index (χ0) is 15.5. The monoisotopic (exact) mass is 297 g/mol. The Balaban J connectivity index is 1.83. The van der Waals surface area contributed by atoms with Crippen molar-refractivity contribution in [1.82, 2.24) is 14.5 Å². The molecular weight excluding hydrogens is 274 g/mol. The Bertz CT molecular complexity index is 657. The fraction of sp³-hybridized carbons (Fsp3) is 0.444. The lowest BCUT2D eigenvalue weighted by Gasteiger charge is -2.15. The number of carbonyl (C=O) groups is 1. The molecule has 1 aliphatic heterocycles. The van der Waals surface area contributed by atoms with E-state index >= 15 is 0 Å². The topological polar surface area (TPSA) is 38.1 Å². The molecule has 3 rings (SSSR count). The maximum Gasteiger partial charge on any atom is 0.291 e. The van der Waals surface area contributed by atoms with Crippen molar-refractivity contribution in [3.8, 4) is 11.3 Å². The molecule has 0 atom stereocenters. The van der Waals surface area contributed by atoms with Gasteiger partial charge in [0, 0.05) is 6.54 Å². The molecule has 0 saturated heterocycles. The Kier molecular flexibility index (Phi) is 4.27. The van der Waals surface area contributed by atoms with Gasteiger partial charge in [-0.05, 0) is 24.0 Å². The summed E-state index contributed by atoms with van der Waals surface area (Å²) >= 11 is 0. The minimum Gasteiger partial charge on any atom is -0.318 e. The Labute approximate surface area is 131 Å². The minimum absolute atomic E-state index is 0.0577. The molecule has 0 N–H and O–H groups in total. The van der Waals surface area contributed by atoms with E-state index in [1.165, 1.54) is 5.56 Å². The molecule has 2 heterocycles. The summed E-state index contributed by atoms with van der Waals surface area (Å²) in [4.78, 5) is 18.6. The number of hydrogen-bond acceptors (Lipinski definition) is 2. The van der Waals surface area contributed by atoms with Crippen LogP contribution in [0.1, 0.15) is 49.3 Å². The third-order valence-corrected chi connectivity index (χ3v) is 4.22. The highest BCUT2D eigenvalue weighted by molar-refractivity contribution is 5.93. The van der Waals surface area contributed by atoms with Crippen molar-refractivity contribution in [2.45, 2.75) is 46.2 Å². The van der Waals surface area contributed by atoms with Crippen LogP contribution < -0.4 is 0 Å². The second-order valence-electron chi connectivity index (χ2n) is 5.91. The van der Waals surface area contributed by atoms with Crippen LogP contribution in [-0.2, 0) is 13.1 Å². The van der Waals surface area contributed by atoms with Crippen LogP contribution in [0.25, 0.3) is 11.3 Å². The van der Waals surface area contributed by atoms with E-state index in [0.29, 0.717) is 12.5 Å². The fourth-order valence-corrected chi connectivity index (χ4v) is 2.95. The predicted molar refractivity (Wildman–Crippen MR) is 87.6 cm³/mol. The maximum atomic E-state index is 12.3. The van der Waals surface area contributed by atoms with Gasteiger partial charge in [-0.25, -0.2) is 4.98 Å². The number of aryl methyl sites for hydroxylation is 1. The zero-order valence-corrected chi connectivity index (χ0v) is 13.4. The summed E-state index contributed by atoms with van der Waals surface area (Å²) in [5.74, 6) is 0.631. The highest BCUT2D eigenvalue weighted by Gasteiger charge is 2.30. The molecule has 4 nitrogen and oxygen atoms in total. The van der Waals surface area contributed by atoms with Crippen molar-refractivity contribution in [2.75, 3.05) is 6.54 Å². The van der Waals surface area contributed by atoms with E-state index < -0.39 is 0 Å². The lowest BCUT2D eigenvalue weighted by atomic mass is 10.1. The predicted octanol–water partition coefficient (Wildman–Crippen LogP) is 3.72. The minimum atomic E-state index is 0.0577. The van der Waals surface area contributed by atoms with Crippen LogP contribution in [0.15, 0.2) is 30.5 Å². The van der Waals surface area contributed by atoms with Gasteiger partial charge in [0.15, 0.2) is 0 Å². The van der Waals surface area contributed by atoms with Crippen LogP contribution >= 0.6 is 0 Å². The second kappa shape index (κ2) is 6.34. The third kappa shape index (κ3) is 2.65. The molecule has 0 spiro atoms. The molecule has 1 amide bonds. The second-order valence-corrected chi connectivity index (χ2v) is 5.91. The molecule has 0 fully saturated rings. The van der Waals surface area contributed by atoms with Crippen molar-refractivity contribution in [2.24, 2.45) is 0 Å². The van der Waals surface area contributed by atoms with Gasteiger partial charge in [-0.2, -0.15) is 0 Å². The van der Waals surface area contributed by atoms with Crippen LogP contribution in [0.4, 0.5) is 0 Å². The Hall–Kier alpha value is -2.10. The molecule has 22 heavy (non-hydrogen) atoms. The van der Waals surface area contributed by atoms with Crippen LogP contribution in [-0.4, -0.2) is 26.9 Å². The van der Waals surface area contributed by atoms with E-state index in [0.717, 1.165) is 43.5 Å². The molecule has 0 saturated carbocycles. The molecule has 0 bridgehead atoms. The Morgan fingerprint density at radius 1 is 1.14 bits per heavy atom. The molecule has 2 aromatic rings. The Morgan fingerprint density at radius 3 is 2.59 bits per heavy atom. The molecule has 1 aliphatic rings. The molecule has 0 unspecified atom stereocenters. The number of unbranched alkanes of at least 4 members (excludes halogenated alkanes) is 1. The first-order valence-electron chi connectivity index (χ1n) is 8.18. The van der Waals surface area contributed by atoms with Gasteiger partial charge in [0.1, 0.15) is 0 Å². The van der Waals surface area contributed by atoms with Crippen LogP contribution in [0.3, 0.4) is 0 Å². The third-order valence-electron chi connectivity index (χ3n) is 4.22. The number of amides is 1. The number of rotatable bonds is 6. The summed E-state index contributed by atoms with van der Waals surface area (Å²) in [5.41, 5.74) is 3.52. The fourth-order valence-electron chi connectivity index (χ4n) is 2.95. The standard InChI is InChI=1S/C18H23N3O/c1-3-5-11-20-13-21-16(12-19-17(21)18(20)22)15-9-7-14(6-4-2)8-10-15/h7-10,12H,3-6,11,13H2,1-2H3. The summed E-state index contributed by atoms with van der Waals surface area (Å²) in [5, 5.41) is 0. The smallest absolute Gasteiger partial charge is 0.291 e. The molecular formula is C18H23N3O. The zero-order valence-electron chi connectivity index (χ0n) is 13.4. The van der Waals surface area contributed by atoms with E-state index in [2.05, 4.69) is 43.1 Å². The lowest BCUT2D eigenvalue weighted by molar-refractivity contribution is 0.0764. The van der Waals surface area contributed by atoms with Crippen LogP contribution in [0.2, 0.25) is 0 Å². The first-order valence-corrected chi connectivity index (χ1v) is 8.18. The van der Waals surface area contributed by atoms with Gasteiger partial charge in [0.2, 0.25) is 5.82 Å². The molecule has 4 heteroatoms. The number of fused-ring (bicyclic) bond motifs is 1. The highest BCUT2D eigenvalue weighted by Crippen LogP contribution is 2.26. The largest absolute Gasteiger partial charge is 0.318 e. The lowest BCUT2D eigenvalue weighted by Crippen LogP contribution is -2.25. The van der Waals surface area contributed by atoms with Gasteiger partial charge in [0.25, 0.3) is 5.91 Å². The average Bonchev–Trinajstić information content (AvgIpc) is 3.07. The van der Waals surface area contributed by atoms with E-state index in [1.54, 1.807) is 0 Å². The first-order chi connectivity index (χ1) is 10.7. The average molecular weight is 297 g/mol. The summed E-state index contributed by atoms with van der Waals surface area (Å²) in [7, 11) is 0. The van der Waals surface area contributed by atoms with Gasteiger partial charge in [-0.15, -0.1) is 0 Å². The SMILES string of the molecule is CCCCN1Cn2c(-c3ccc(CCC)cc3)cnc2C1=O. The normalized spacial score (nSPS) is 13.7. The van der Waals surface area contributed by atoms with Crippen LogP contribution in [0, 0.1) is 0 Å². The first kappa shape index (κ1) is 14.8. The number of aromatic nitrogens is 2. The Morgan fingerprint density at radius 2 is 1.91 bits per heavy atom. The molecule has 0 aliphatic carbocycles. The summed E-state index contributed by atoms with van der Waals surface area (Å²) in [6.07, 6.45) is 6.21. The van der Waals surface area contributed by atoms with Gasteiger partial charge in [-0.3, -0.25) is 4.79 Å². The van der Waals surface area contributed by atoms with Crippen molar-refractivity contribution < 1.29 is 4.79 Å². The number of hydrogen-bond donors (Lipinski definition) is 0. The van der Waals surface area contributed by atoms with Crippen molar-refractivity contribution in [3.63, 3.8) is 0 Å². The maximum absolute atomic E-state index is 12.3. The van der Waals surface area contributed by atoms with Gasteiger partial charge >= 0.3 is 0 Å². The molecule has 0 radical (unpaired) electrons. The number of nitrogens with zero attached hydrogens (tertiary/aromatic N) is 3. The van der Waals surface area contributed by atoms with E-state index in [4.69, 9.17) is 0 Å². The number of carbonyl (C=O) groups excluding carboxylic acids is 1. The molecule has 116 valence electrons. The van der Waals surface area contributed by atoms with Gasteiger partial charge in [0.05, 0.1) is 18.6 Å². The van der Waals surface area contributed by atoms with Crippen molar-refractivity contribution in [1.29, 1.82) is 0 Å². The molecule has 1 aromatic carbocycles. The highest BCUT2D eigenvalue weighted by atomic mass is 16.2. The summed E-state index contributed by atoms with van der Waals surface area (Å²) < 4.78 is 2.03. The van der Waals surface area contributed by atoms with Gasteiger partial charge < -0.3 is 9.47 Å². The number of imidazole rings is 1. The van der Waals surface area contributed by atoms with E-state index in [-0.39, 0.29) is 5.91 Å². The summed E-state index contributed by atoms with van der Waals surface area (Å²) in [6.45, 7) is 5.77.